The van der Waals surface area contributed by atoms with Gasteiger partial charge in [0.15, 0.2) is 11.5 Å². The molecule has 5 heteroatoms. The largest absolute Gasteiger partial charge is 0.497 e. The third-order valence-corrected chi connectivity index (χ3v) is 5.92. The van der Waals surface area contributed by atoms with E-state index < -0.39 is 6.10 Å². The van der Waals surface area contributed by atoms with E-state index in [4.69, 9.17) is 14.2 Å². The summed E-state index contributed by atoms with van der Waals surface area (Å²) in [4.78, 5) is 2.48. The molecule has 0 bridgehead atoms. The van der Waals surface area contributed by atoms with Crippen molar-refractivity contribution in [3.63, 3.8) is 0 Å². The molecule has 28 heavy (non-hydrogen) atoms. The third kappa shape index (κ3) is 4.26. The number of rotatable bonds is 7. The second kappa shape index (κ2) is 9.30. The number of ether oxygens (including phenoxy) is 3. The number of methoxy groups -OCH3 is 3. The molecule has 2 aromatic carbocycles. The van der Waals surface area contributed by atoms with Crippen LogP contribution in [-0.2, 0) is 0 Å². The fourth-order valence-corrected chi connectivity index (χ4v) is 4.11. The first-order chi connectivity index (χ1) is 13.6. The van der Waals surface area contributed by atoms with Crippen molar-refractivity contribution in [1.29, 1.82) is 0 Å². The summed E-state index contributed by atoms with van der Waals surface area (Å²) in [6.07, 6.45) is 1.34. The van der Waals surface area contributed by atoms with Crippen molar-refractivity contribution >= 4 is 0 Å². The lowest BCUT2D eigenvalue weighted by atomic mass is 9.86. The molecule has 0 saturated carbocycles. The summed E-state index contributed by atoms with van der Waals surface area (Å²) >= 11 is 0. The molecule has 1 saturated heterocycles. The maximum absolute atomic E-state index is 11.0. The molecule has 2 unspecified atom stereocenters. The minimum Gasteiger partial charge on any atom is -0.497 e. The van der Waals surface area contributed by atoms with Crippen molar-refractivity contribution in [2.45, 2.75) is 31.9 Å². The number of benzene rings is 2. The van der Waals surface area contributed by atoms with E-state index in [0.717, 1.165) is 37.2 Å². The predicted molar refractivity (Wildman–Crippen MR) is 110 cm³/mol. The number of piperidine rings is 1. The van der Waals surface area contributed by atoms with Gasteiger partial charge in [0.05, 0.1) is 27.4 Å². The molecule has 1 aliphatic rings. The van der Waals surface area contributed by atoms with Crippen LogP contribution in [0.15, 0.2) is 42.5 Å². The molecule has 1 N–H and O–H groups in total. The van der Waals surface area contributed by atoms with Crippen LogP contribution in [0.5, 0.6) is 17.2 Å². The molecule has 0 aromatic heterocycles. The van der Waals surface area contributed by atoms with Crippen molar-refractivity contribution < 1.29 is 19.3 Å². The van der Waals surface area contributed by atoms with Crippen molar-refractivity contribution in [1.82, 2.24) is 4.90 Å². The molecule has 0 amide bonds. The number of hydrogen-bond donors (Lipinski definition) is 1. The lowest BCUT2D eigenvalue weighted by molar-refractivity contribution is 0.0456. The molecule has 152 valence electrons. The van der Waals surface area contributed by atoms with Gasteiger partial charge in [0.2, 0.25) is 0 Å². The number of aliphatic hydroxyl groups excluding tert-OH is 1. The molecule has 2 atom stereocenters. The second-order valence-electron chi connectivity index (χ2n) is 7.35. The average molecular weight is 386 g/mol. The van der Waals surface area contributed by atoms with Gasteiger partial charge in [-0.05, 0) is 62.5 Å². The smallest absolute Gasteiger partial charge is 0.166 e. The Balaban J connectivity index is 1.64. The first-order valence-electron chi connectivity index (χ1n) is 9.86. The SMILES string of the molecule is COc1ccc(C(C)N2CCC(C(O)c3cccc(OC)c3OC)CC2)cc1. The first kappa shape index (κ1) is 20.5. The third-order valence-electron chi connectivity index (χ3n) is 5.92. The standard InChI is InChI=1S/C23H31NO4/c1-16(17-8-10-19(26-2)11-9-17)24-14-12-18(13-15-24)22(25)20-6-5-7-21(27-3)23(20)28-4/h5-11,16,18,22,25H,12-15H2,1-4H3. The van der Waals surface area contributed by atoms with Gasteiger partial charge in [0.1, 0.15) is 5.75 Å². The molecule has 1 fully saturated rings. The Morgan fingerprint density at radius 2 is 1.61 bits per heavy atom. The second-order valence-corrected chi connectivity index (χ2v) is 7.35. The number of para-hydroxylation sites is 1. The van der Waals surface area contributed by atoms with Crippen LogP contribution in [0.1, 0.15) is 43.0 Å². The first-order valence-corrected chi connectivity index (χ1v) is 9.86. The number of likely N-dealkylation sites (tertiary alicyclic amines) is 1. The van der Waals surface area contributed by atoms with Crippen LogP contribution in [0.25, 0.3) is 0 Å². The van der Waals surface area contributed by atoms with Gasteiger partial charge >= 0.3 is 0 Å². The van der Waals surface area contributed by atoms with Crippen LogP contribution in [0, 0.1) is 5.92 Å². The summed E-state index contributed by atoms with van der Waals surface area (Å²) in [5.74, 6) is 2.38. The molecule has 5 nitrogen and oxygen atoms in total. The number of hydrogen-bond acceptors (Lipinski definition) is 5. The van der Waals surface area contributed by atoms with E-state index in [1.165, 1.54) is 5.56 Å². The summed E-state index contributed by atoms with van der Waals surface area (Å²) in [5, 5.41) is 11.0. The van der Waals surface area contributed by atoms with Crippen molar-refractivity contribution in [2.75, 3.05) is 34.4 Å². The van der Waals surface area contributed by atoms with Gasteiger partial charge in [-0.1, -0.05) is 24.3 Å². The van der Waals surface area contributed by atoms with E-state index in [1.807, 2.05) is 30.3 Å². The molecule has 0 radical (unpaired) electrons. The van der Waals surface area contributed by atoms with Crippen LogP contribution in [0.2, 0.25) is 0 Å². The van der Waals surface area contributed by atoms with E-state index in [1.54, 1.807) is 21.3 Å². The fraction of sp³-hybridized carbons (Fsp3) is 0.478. The Kier molecular flexibility index (Phi) is 6.81. The Bertz CT molecular complexity index is 754. The van der Waals surface area contributed by atoms with E-state index >= 15 is 0 Å². The zero-order chi connectivity index (χ0) is 20.1. The van der Waals surface area contributed by atoms with Gasteiger partial charge in [-0.3, -0.25) is 4.90 Å². The van der Waals surface area contributed by atoms with Crippen LogP contribution >= 0.6 is 0 Å². The lowest BCUT2D eigenvalue weighted by Crippen LogP contribution is -2.37. The quantitative estimate of drug-likeness (QED) is 0.773. The van der Waals surface area contributed by atoms with E-state index in [2.05, 4.69) is 24.0 Å². The maximum atomic E-state index is 11.0. The van der Waals surface area contributed by atoms with Gasteiger partial charge in [-0.15, -0.1) is 0 Å². The molecule has 1 aliphatic heterocycles. The topological polar surface area (TPSA) is 51.2 Å². The van der Waals surface area contributed by atoms with Gasteiger partial charge in [-0.2, -0.15) is 0 Å². The number of nitrogens with zero attached hydrogens (tertiary/aromatic N) is 1. The highest BCUT2D eigenvalue weighted by molar-refractivity contribution is 5.47. The minimum absolute atomic E-state index is 0.209. The van der Waals surface area contributed by atoms with E-state index in [9.17, 15) is 5.11 Å². The highest BCUT2D eigenvalue weighted by atomic mass is 16.5. The monoisotopic (exact) mass is 385 g/mol. The van der Waals surface area contributed by atoms with Crippen LogP contribution in [-0.4, -0.2) is 44.4 Å². The predicted octanol–water partition coefficient (Wildman–Crippen LogP) is 4.22. The minimum atomic E-state index is -0.552. The average Bonchev–Trinajstić information content (AvgIpc) is 2.77. The Labute approximate surface area is 167 Å². The Morgan fingerprint density at radius 1 is 0.929 bits per heavy atom. The Morgan fingerprint density at radius 3 is 2.18 bits per heavy atom. The van der Waals surface area contributed by atoms with Gasteiger partial charge in [0, 0.05) is 11.6 Å². The van der Waals surface area contributed by atoms with Gasteiger partial charge in [-0.25, -0.2) is 0 Å². The van der Waals surface area contributed by atoms with Crippen LogP contribution in [0.4, 0.5) is 0 Å². The molecule has 0 spiro atoms. The lowest BCUT2D eigenvalue weighted by Gasteiger charge is -2.38. The van der Waals surface area contributed by atoms with Crippen LogP contribution in [0.3, 0.4) is 0 Å². The molecular formula is C23H31NO4. The summed E-state index contributed by atoms with van der Waals surface area (Å²) in [6.45, 7) is 4.16. The van der Waals surface area contributed by atoms with E-state index in [-0.39, 0.29) is 5.92 Å². The zero-order valence-corrected chi connectivity index (χ0v) is 17.2. The van der Waals surface area contributed by atoms with Gasteiger partial charge in [0.25, 0.3) is 0 Å². The zero-order valence-electron chi connectivity index (χ0n) is 17.2. The highest BCUT2D eigenvalue weighted by Gasteiger charge is 2.30. The van der Waals surface area contributed by atoms with Gasteiger partial charge < -0.3 is 19.3 Å². The Hall–Kier alpha value is -2.24. The van der Waals surface area contributed by atoms with Crippen molar-refractivity contribution in [3.05, 3.63) is 53.6 Å². The molecule has 0 aliphatic carbocycles. The summed E-state index contributed by atoms with van der Waals surface area (Å²) in [6, 6.07) is 14.3. The fourth-order valence-electron chi connectivity index (χ4n) is 4.11. The molecule has 1 heterocycles. The normalized spacial score (nSPS) is 17.8. The summed E-state index contributed by atoms with van der Waals surface area (Å²) in [5.41, 5.74) is 2.10. The molecule has 3 rings (SSSR count). The highest BCUT2D eigenvalue weighted by Crippen LogP contribution is 2.40. The van der Waals surface area contributed by atoms with Crippen molar-refractivity contribution in [3.8, 4) is 17.2 Å². The van der Waals surface area contributed by atoms with E-state index in [0.29, 0.717) is 17.5 Å². The maximum Gasteiger partial charge on any atom is 0.166 e. The number of aliphatic hydroxyl groups is 1. The molecule has 2 aromatic rings. The summed E-state index contributed by atoms with van der Waals surface area (Å²) in [7, 11) is 4.92. The summed E-state index contributed by atoms with van der Waals surface area (Å²) < 4.78 is 16.1. The molecular weight excluding hydrogens is 354 g/mol. The van der Waals surface area contributed by atoms with Crippen LogP contribution < -0.4 is 14.2 Å². The van der Waals surface area contributed by atoms with Crippen molar-refractivity contribution in [2.24, 2.45) is 5.92 Å².